The molecule has 158 valence electrons. The largest absolute Gasteiger partial charge is 0.340 e. The number of nitrogens with zero attached hydrogens (tertiary/aromatic N) is 1. The Balaban J connectivity index is 2.40. The summed E-state index contributed by atoms with van der Waals surface area (Å²) in [4.78, 5) is 2.38. The lowest BCUT2D eigenvalue weighted by Crippen LogP contribution is -2.47. The second-order valence-electron chi connectivity index (χ2n) is 10.1. The van der Waals surface area contributed by atoms with Gasteiger partial charge in [0.15, 0.2) is 0 Å². The molecule has 29 heavy (non-hydrogen) atoms. The van der Waals surface area contributed by atoms with Crippen molar-refractivity contribution >= 4 is 5.57 Å². The lowest BCUT2D eigenvalue weighted by atomic mass is 9.80. The van der Waals surface area contributed by atoms with Gasteiger partial charge in [0.25, 0.3) is 0 Å². The molecule has 1 nitrogen and oxygen atoms in total. The summed E-state index contributed by atoms with van der Waals surface area (Å²) in [5, 5.41) is 0. The van der Waals surface area contributed by atoms with E-state index in [4.69, 9.17) is 0 Å². The van der Waals surface area contributed by atoms with Gasteiger partial charge in [0.2, 0.25) is 0 Å². The van der Waals surface area contributed by atoms with Crippen molar-refractivity contribution in [3.05, 3.63) is 77.2 Å². The maximum absolute atomic E-state index is 4.48. The lowest BCUT2D eigenvalue weighted by molar-refractivity contribution is 0.149. The highest BCUT2D eigenvalue weighted by molar-refractivity contribution is 5.70. The Morgan fingerprint density at radius 3 is 2.41 bits per heavy atom. The van der Waals surface area contributed by atoms with Crippen molar-refractivity contribution in [2.45, 2.75) is 92.0 Å². The first-order valence-corrected chi connectivity index (χ1v) is 11.0. The Morgan fingerprint density at radius 1 is 1.21 bits per heavy atom. The second kappa shape index (κ2) is 8.78. The molecule has 0 saturated carbocycles. The monoisotopic (exact) mass is 391 g/mol. The van der Waals surface area contributed by atoms with Gasteiger partial charge in [-0.2, -0.15) is 0 Å². The molecule has 1 fully saturated rings. The number of rotatable bonds is 5. The van der Waals surface area contributed by atoms with E-state index >= 15 is 0 Å². The second-order valence-corrected chi connectivity index (χ2v) is 10.1. The molecule has 1 aliphatic rings. The van der Waals surface area contributed by atoms with Crippen LogP contribution in [-0.4, -0.2) is 10.4 Å². The maximum Gasteiger partial charge on any atom is 0.0422 e. The van der Waals surface area contributed by atoms with E-state index in [1.807, 2.05) is 0 Å². The van der Waals surface area contributed by atoms with Crippen LogP contribution in [0.5, 0.6) is 0 Å². The fourth-order valence-electron chi connectivity index (χ4n) is 4.57. The Bertz CT molecular complexity index is 843. The molecule has 0 bridgehead atoms. The number of benzene rings is 1. The van der Waals surface area contributed by atoms with Crippen LogP contribution in [0.25, 0.3) is 5.57 Å². The van der Waals surface area contributed by atoms with Crippen LogP contribution in [0.4, 0.5) is 0 Å². The van der Waals surface area contributed by atoms with E-state index in [9.17, 15) is 0 Å². The molecule has 1 unspecified atom stereocenters. The fraction of sp³-hybridized carbons (Fsp3) is 0.500. The summed E-state index contributed by atoms with van der Waals surface area (Å²) in [6, 6.07) is 8.97. The molecule has 0 amide bonds. The van der Waals surface area contributed by atoms with Gasteiger partial charge in [0.1, 0.15) is 0 Å². The number of allylic oxidation sites excluding steroid dienone is 5. The Labute approximate surface area is 179 Å². The van der Waals surface area contributed by atoms with Crippen molar-refractivity contribution < 1.29 is 0 Å². The maximum atomic E-state index is 4.48. The van der Waals surface area contributed by atoms with E-state index in [1.54, 1.807) is 0 Å². The summed E-state index contributed by atoms with van der Waals surface area (Å²) < 4.78 is 0. The molecule has 0 aromatic heterocycles. The predicted molar refractivity (Wildman–Crippen MR) is 130 cm³/mol. The van der Waals surface area contributed by atoms with Crippen LogP contribution in [0.15, 0.2) is 66.0 Å². The number of hydrogen-bond donors (Lipinski definition) is 0. The summed E-state index contributed by atoms with van der Waals surface area (Å²) in [5.41, 5.74) is 9.16. The molecule has 1 heteroatoms. The average Bonchev–Trinajstić information content (AvgIpc) is 2.62. The van der Waals surface area contributed by atoms with E-state index in [-0.39, 0.29) is 11.0 Å². The number of likely N-dealkylation sites (tertiary alicyclic amines) is 1. The van der Waals surface area contributed by atoms with E-state index in [1.165, 1.54) is 40.7 Å². The van der Waals surface area contributed by atoms with Gasteiger partial charge in [-0.05, 0) is 80.2 Å². The first-order chi connectivity index (χ1) is 13.4. The quantitative estimate of drug-likeness (QED) is 0.487. The first-order valence-electron chi connectivity index (χ1n) is 11.0. The zero-order chi connectivity index (χ0) is 22.0. The molecule has 2 rings (SSSR count). The first kappa shape index (κ1) is 23.3. The van der Waals surface area contributed by atoms with Crippen molar-refractivity contribution in [1.29, 1.82) is 0 Å². The van der Waals surface area contributed by atoms with Crippen molar-refractivity contribution in [3.8, 4) is 0 Å². The molecule has 0 aliphatic carbocycles. The van der Waals surface area contributed by atoms with E-state index in [2.05, 4.69) is 104 Å². The summed E-state index contributed by atoms with van der Waals surface area (Å²) in [6.45, 7) is 26.7. The zero-order valence-electron chi connectivity index (χ0n) is 20.1. The summed E-state index contributed by atoms with van der Waals surface area (Å²) >= 11 is 0. The molecule has 1 aromatic rings. The van der Waals surface area contributed by atoms with Gasteiger partial charge in [-0.1, -0.05) is 77.6 Å². The van der Waals surface area contributed by atoms with Crippen LogP contribution in [0.1, 0.15) is 92.2 Å². The highest BCUT2D eigenvalue weighted by Gasteiger charge is 2.37. The molecule has 1 aliphatic heterocycles. The normalized spacial score (nSPS) is 22.7. The van der Waals surface area contributed by atoms with Crippen LogP contribution in [0.3, 0.4) is 0 Å². The highest BCUT2D eigenvalue weighted by atomic mass is 15.2. The van der Waals surface area contributed by atoms with Gasteiger partial charge in [-0.25, -0.2) is 0 Å². The SMILES string of the molecule is C=C(C)N1C(=C)/C(=C\C(C)=C(/C)c2cccc(C(C)(C)C)c2)CCC1(C)CCC. The van der Waals surface area contributed by atoms with Crippen LogP contribution in [-0.2, 0) is 5.41 Å². The van der Waals surface area contributed by atoms with Crippen molar-refractivity contribution in [3.63, 3.8) is 0 Å². The van der Waals surface area contributed by atoms with Crippen molar-refractivity contribution in [1.82, 2.24) is 4.90 Å². The molecule has 1 saturated heterocycles. The third-order valence-electron chi connectivity index (χ3n) is 6.43. The van der Waals surface area contributed by atoms with E-state index < -0.39 is 0 Å². The molecule has 1 atom stereocenters. The minimum absolute atomic E-state index is 0.128. The molecular formula is C28H41N. The minimum atomic E-state index is 0.128. The van der Waals surface area contributed by atoms with Crippen LogP contribution < -0.4 is 0 Å². The zero-order valence-corrected chi connectivity index (χ0v) is 20.1. The van der Waals surface area contributed by atoms with Gasteiger partial charge in [0, 0.05) is 16.9 Å². The molecule has 0 radical (unpaired) electrons. The predicted octanol–water partition coefficient (Wildman–Crippen LogP) is 8.41. The summed E-state index contributed by atoms with van der Waals surface area (Å²) in [5.74, 6) is 0. The Hall–Kier alpha value is -2.02. The lowest BCUT2D eigenvalue weighted by Gasteiger charge is -2.49. The van der Waals surface area contributed by atoms with Gasteiger partial charge in [0.05, 0.1) is 0 Å². The third-order valence-corrected chi connectivity index (χ3v) is 6.43. The van der Waals surface area contributed by atoms with Crippen LogP contribution in [0.2, 0.25) is 0 Å². The standard InChI is InChI=1S/C28H41N/c1-11-16-28(10)17-15-25(23(6)29(28)20(2)3)18-21(4)22(5)24-13-12-14-26(19-24)27(7,8)9/h12-14,18-19H,2,6,11,15-17H2,1,3-5,7-10H3/b22-21+,25-18-. The molecule has 0 N–H and O–H groups in total. The Morgan fingerprint density at radius 2 is 1.86 bits per heavy atom. The smallest absolute Gasteiger partial charge is 0.0422 e. The summed E-state index contributed by atoms with van der Waals surface area (Å²) in [6.07, 6.45) is 6.91. The topological polar surface area (TPSA) is 3.24 Å². The fourth-order valence-corrected chi connectivity index (χ4v) is 4.57. The third kappa shape index (κ3) is 5.13. The molecule has 1 heterocycles. The number of hydrogen-bond acceptors (Lipinski definition) is 1. The molecular weight excluding hydrogens is 350 g/mol. The summed E-state index contributed by atoms with van der Waals surface area (Å²) in [7, 11) is 0. The van der Waals surface area contributed by atoms with Crippen LogP contribution in [0, 0.1) is 0 Å². The van der Waals surface area contributed by atoms with Gasteiger partial charge in [-0.3, -0.25) is 0 Å². The van der Waals surface area contributed by atoms with Crippen molar-refractivity contribution in [2.24, 2.45) is 0 Å². The molecule has 0 spiro atoms. The highest BCUT2D eigenvalue weighted by Crippen LogP contribution is 2.42. The van der Waals surface area contributed by atoms with Gasteiger partial charge < -0.3 is 4.90 Å². The number of piperidine rings is 1. The van der Waals surface area contributed by atoms with Gasteiger partial charge >= 0.3 is 0 Å². The molecule has 1 aromatic carbocycles. The average molecular weight is 392 g/mol. The van der Waals surface area contributed by atoms with E-state index in [0.717, 1.165) is 24.2 Å². The van der Waals surface area contributed by atoms with Crippen molar-refractivity contribution in [2.75, 3.05) is 0 Å². The Kier molecular flexibility index (Phi) is 7.04. The van der Waals surface area contributed by atoms with Gasteiger partial charge in [-0.15, -0.1) is 0 Å². The minimum Gasteiger partial charge on any atom is -0.340 e. The van der Waals surface area contributed by atoms with E-state index in [0.29, 0.717) is 0 Å². The van der Waals surface area contributed by atoms with Crippen LogP contribution >= 0.6 is 0 Å².